The number of rotatable bonds is 4. The summed E-state index contributed by atoms with van der Waals surface area (Å²) in [4.78, 5) is 10.8. The van der Waals surface area contributed by atoms with E-state index in [1.54, 1.807) is 18.2 Å². The minimum Gasteiger partial charge on any atom is -0.508 e. The van der Waals surface area contributed by atoms with E-state index in [0.717, 1.165) is 11.6 Å². The van der Waals surface area contributed by atoms with Crippen molar-refractivity contribution >= 4 is 11.7 Å². The molecule has 0 aromatic heterocycles. The quantitative estimate of drug-likeness (QED) is 0.791. The van der Waals surface area contributed by atoms with Crippen molar-refractivity contribution in [2.45, 2.75) is 6.54 Å². The van der Waals surface area contributed by atoms with E-state index < -0.39 is 11.8 Å². The first-order valence-corrected chi connectivity index (χ1v) is 5.61. The Morgan fingerprint density at radius 2 is 2.00 bits per heavy atom. The molecule has 0 amide bonds. The van der Waals surface area contributed by atoms with Gasteiger partial charge in [-0.05, 0) is 35.9 Å². The number of nitrogens with one attached hydrogen (secondary N) is 1. The SMILES string of the molecule is O=C(O)c1ccc(F)c(NCc2cccc(O)c2)c1. The van der Waals surface area contributed by atoms with Gasteiger partial charge in [-0.15, -0.1) is 0 Å². The summed E-state index contributed by atoms with van der Waals surface area (Å²) in [5.74, 6) is -1.51. The van der Waals surface area contributed by atoms with Crippen molar-refractivity contribution in [3.8, 4) is 5.75 Å². The van der Waals surface area contributed by atoms with E-state index in [9.17, 15) is 14.3 Å². The number of halogens is 1. The number of aromatic carboxylic acids is 1. The molecule has 4 nitrogen and oxygen atoms in total. The fourth-order valence-electron chi connectivity index (χ4n) is 1.66. The van der Waals surface area contributed by atoms with Gasteiger partial charge in [0, 0.05) is 6.54 Å². The molecule has 0 saturated carbocycles. The van der Waals surface area contributed by atoms with Crippen LogP contribution >= 0.6 is 0 Å². The molecule has 0 aliphatic rings. The van der Waals surface area contributed by atoms with E-state index in [1.807, 2.05) is 0 Å². The van der Waals surface area contributed by atoms with Crippen LogP contribution in [0.25, 0.3) is 0 Å². The Labute approximate surface area is 109 Å². The van der Waals surface area contributed by atoms with Gasteiger partial charge in [0.05, 0.1) is 11.3 Å². The standard InChI is InChI=1S/C14H12FNO3/c15-12-5-4-10(14(18)19)7-13(12)16-8-9-2-1-3-11(17)6-9/h1-7,16-17H,8H2,(H,18,19). The number of hydrogen-bond acceptors (Lipinski definition) is 3. The minimum absolute atomic E-state index is 0.0137. The molecule has 3 N–H and O–H groups in total. The lowest BCUT2D eigenvalue weighted by Crippen LogP contribution is -2.04. The highest BCUT2D eigenvalue weighted by Gasteiger charge is 2.08. The molecular formula is C14H12FNO3. The van der Waals surface area contributed by atoms with Crippen LogP contribution in [0.1, 0.15) is 15.9 Å². The van der Waals surface area contributed by atoms with Gasteiger partial charge in [0.2, 0.25) is 0 Å². The molecule has 5 heteroatoms. The van der Waals surface area contributed by atoms with Crippen LogP contribution in [0, 0.1) is 5.82 Å². The first-order chi connectivity index (χ1) is 9.06. The van der Waals surface area contributed by atoms with Crippen LogP contribution in [0.3, 0.4) is 0 Å². The van der Waals surface area contributed by atoms with Crippen LogP contribution in [-0.2, 0) is 6.54 Å². The third kappa shape index (κ3) is 3.22. The fourth-order valence-corrected chi connectivity index (χ4v) is 1.66. The van der Waals surface area contributed by atoms with Crippen molar-refractivity contribution in [2.24, 2.45) is 0 Å². The molecule has 0 unspecified atom stereocenters. The number of hydrogen-bond donors (Lipinski definition) is 3. The summed E-state index contributed by atoms with van der Waals surface area (Å²) in [7, 11) is 0. The Bertz CT molecular complexity index is 613. The normalized spacial score (nSPS) is 10.2. The highest BCUT2D eigenvalue weighted by Crippen LogP contribution is 2.18. The summed E-state index contributed by atoms with van der Waals surface area (Å²) in [5, 5.41) is 20.9. The number of anilines is 1. The van der Waals surface area contributed by atoms with Crippen molar-refractivity contribution in [1.82, 2.24) is 0 Å². The lowest BCUT2D eigenvalue weighted by atomic mass is 10.1. The molecule has 0 aliphatic carbocycles. The zero-order valence-corrected chi connectivity index (χ0v) is 9.93. The molecule has 0 atom stereocenters. The van der Waals surface area contributed by atoms with Gasteiger partial charge < -0.3 is 15.5 Å². The Kier molecular flexibility index (Phi) is 3.66. The van der Waals surface area contributed by atoms with Gasteiger partial charge in [-0.1, -0.05) is 12.1 Å². The summed E-state index contributed by atoms with van der Waals surface area (Å²) in [5.41, 5.74) is 0.892. The van der Waals surface area contributed by atoms with E-state index in [2.05, 4.69) is 5.32 Å². The average Bonchev–Trinajstić information content (AvgIpc) is 2.37. The summed E-state index contributed by atoms with van der Waals surface area (Å²) < 4.78 is 13.5. The zero-order valence-electron chi connectivity index (χ0n) is 9.93. The Morgan fingerprint density at radius 3 is 2.68 bits per heavy atom. The van der Waals surface area contributed by atoms with E-state index >= 15 is 0 Å². The lowest BCUT2D eigenvalue weighted by molar-refractivity contribution is 0.0697. The largest absolute Gasteiger partial charge is 0.508 e. The number of aromatic hydroxyl groups is 1. The van der Waals surface area contributed by atoms with Gasteiger partial charge in [0.1, 0.15) is 11.6 Å². The molecule has 19 heavy (non-hydrogen) atoms. The van der Waals surface area contributed by atoms with Crippen LogP contribution < -0.4 is 5.32 Å². The van der Waals surface area contributed by atoms with Gasteiger partial charge in [-0.2, -0.15) is 0 Å². The predicted molar refractivity (Wildman–Crippen MR) is 68.8 cm³/mol. The fraction of sp³-hybridized carbons (Fsp3) is 0.0714. The van der Waals surface area contributed by atoms with E-state index in [-0.39, 0.29) is 23.5 Å². The van der Waals surface area contributed by atoms with E-state index in [4.69, 9.17) is 5.11 Å². The van der Waals surface area contributed by atoms with Crippen LogP contribution in [0.5, 0.6) is 5.75 Å². The lowest BCUT2D eigenvalue weighted by Gasteiger charge is -2.08. The number of carboxylic acids is 1. The number of phenolic OH excluding ortho intramolecular Hbond substituents is 1. The van der Waals surface area contributed by atoms with Crippen molar-refractivity contribution < 1.29 is 19.4 Å². The molecule has 2 aromatic carbocycles. The first-order valence-electron chi connectivity index (χ1n) is 5.61. The third-order valence-electron chi connectivity index (χ3n) is 2.61. The number of carbonyl (C=O) groups is 1. The molecule has 0 heterocycles. The Balaban J connectivity index is 2.15. The summed E-state index contributed by atoms with van der Waals surface area (Å²) >= 11 is 0. The van der Waals surface area contributed by atoms with Crippen molar-refractivity contribution in [3.63, 3.8) is 0 Å². The van der Waals surface area contributed by atoms with Crippen LogP contribution in [-0.4, -0.2) is 16.2 Å². The van der Waals surface area contributed by atoms with Crippen molar-refractivity contribution in [2.75, 3.05) is 5.32 Å². The predicted octanol–water partition coefficient (Wildman–Crippen LogP) is 2.84. The molecule has 2 rings (SSSR count). The number of benzene rings is 2. The molecule has 0 aliphatic heterocycles. The molecule has 0 radical (unpaired) electrons. The van der Waals surface area contributed by atoms with Gasteiger partial charge in [0.15, 0.2) is 0 Å². The first kappa shape index (κ1) is 12.9. The zero-order chi connectivity index (χ0) is 13.8. The van der Waals surface area contributed by atoms with Crippen molar-refractivity contribution in [1.29, 1.82) is 0 Å². The van der Waals surface area contributed by atoms with Gasteiger partial charge in [0.25, 0.3) is 0 Å². The number of phenols is 1. The van der Waals surface area contributed by atoms with Gasteiger partial charge in [-0.25, -0.2) is 9.18 Å². The van der Waals surface area contributed by atoms with Crippen LogP contribution in [0.4, 0.5) is 10.1 Å². The van der Waals surface area contributed by atoms with E-state index in [0.29, 0.717) is 0 Å². The minimum atomic E-state index is -1.11. The van der Waals surface area contributed by atoms with E-state index in [1.165, 1.54) is 18.2 Å². The smallest absolute Gasteiger partial charge is 0.335 e. The Hall–Kier alpha value is -2.56. The molecule has 0 spiro atoms. The highest BCUT2D eigenvalue weighted by molar-refractivity contribution is 5.88. The second kappa shape index (κ2) is 5.39. The van der Waals surface area contributed by atoms with Crippen molar-refractivity contribution in [3.05, 3.63) is 59.4 Å². The Morgan fingerprint density at radius 1 is 1.21 bits per heavy atom. The van der Waals surface area contributed by atoms with Crippen LogP contribution in [0.2, 0.25) is 0 Å². The summed E-state index contributed by atoms with van der Waals surface area (Å²) in [6.45, 7) is 0.286. The monoisotopic (exact) mass is 261 g/mol. The molecule has 0 saturated heterocycles. The van der Waals surface area contributed by atoms with Crippen LogP contribution in [0.15, 0.2) is 42.5 Å². The maximum Gasteiger partial charge on any atom is 0.335 e. The molecular weight excluding hydrogens is 249 g/mol. The van der Waals surface area contributed by atoms with Gasteiger partial charge >= 0.3 is 5.97 Å². The maximum absolute atomic E-state index is 13.5. The van der Waals surface area contributed by atoms with Gasteiger partial charge in [-0.3, -0.25) is 0 Å². The number of carboxylic acid groups (broad SMARTS) is 1. The third-order valence-corrected chi connectivity index (χ3v) is 2.61. The maximum atomic E-state index is 13.5. The molecule has 98 valence electrons. The topological polar surface area (TPSA) is 69.6 Å². The molecule has 2 aromatic rings. The second-order valence-electron chi connectivity index (χ2n) is 4.02. The summed E-state index contributed by atoms with van der Waals surface area (Å²) in [6, 6.07) is 10.1. The second-order valence-corrected chi connectivity index (χ2v) is 4.02. The highest BCUT2D eigenvalue weighted by atomic mass is 19.1. The summed E-state index contributed by atoms with van der Waals surface area (Å²) in [6.07, 6.45) is 0. The molecule has 0 fully saturated rings. The molecule has 0 bridgehead atoms. The average molecular weight is 261 g/mol.